The molecular formula is C23H41IN6O. The average molecular weight is 545 g/mol. The molecule has 1 aliphatic heterocycles. The van der Waals surface area contributed by atoms with E-state index in [9.17, 15) is 0 Å². The van der Waals surface area contributed by atoms with Crippen molar-refractivity contribution < 1.29 is 4.74 Å². The van der Waals surface area contributed by atoms with Crippen LogP contribution in [0.4, 0.5) is 5.82 Å². The summed E-state index contributed by atoms with van der Waals surface area (Å²) in [6.45, 7) is 9.33. The summed E-state index contributed by atoms with van der Waals surface area (Å²) < 4.78 is 6.07. The Morgan fingerprint density at radius 1 is 1.10 bits per heavy atom. The third-order valence-corrected chi connectivity index (χ3v) is 5.95. The van der Waals surface area contributed by atoms with Gasteiger partial charge in [-0.25, -0.2) is 9.98 Å². The lowest BCUT2D eigenvalue weighted by molar-refractivity contribution is 0.0468. The molecule has 0 amide bonds. The lowest BCUT2D eigenvalue weighted by Gasteiger charge is -2.33. The summed E-state index contributed by atoms with van der Waals surface area (Å²) in [5, 5.41) is 6.71. The lowest BCUT2D eigenvalue weighted by atomic mass is 10.1. The van der Waals surface area contributed by atoms with Gasteiger partial charge in [0.1, 0.15) is 5.82 Å². The van der Waals surface area contributed by atoms with Crippen LogP contribution in [0.5, 0.6) is 0 Å². The smallest absolute Gasteiger partial charge is 0.191 e. The molecule has 1 aromatic heterocycles. The second kappa shape index (κ2) is 14.8. The highest BCUT2D eigenvalue weighted by molar-refractivity contribution is 14.0. The van der Waals surface area contributed by atoms with E-state index in [1.54, 1.807) is 0 Å². The number of aliphatic imine (C=N–C) groups is 1. The standard InChI is InChI=1S/C23H40N6O.HI/c1-3-24-23(25-12-17-30-21-8-6-4-5-7-9-21)27-19-20-10-11-22(26-18-20)29-15-13-28(2)14-16-29;/h10-11,18,21H,3-9,12-17,19H2,1-2H3,(H2,24,25,27);1H. The molecule has 2 N–H and O–H groups in total. The van der Waals surface area contributed by atoms with E-state index in [2.05, 4.69) is 51.5 Å². The molecule has 2 fully saturated rings. The molecule has 0 aromatic carbocycles. The first kappa shape index (κ1) is 26.1. The van der Waals surface area contributed by atoms with Gasteiger partial charge in [-0.1, -0.05) is 31.7 Å². The molecule has 31 heavy (non-hydrogen) atoms. The number of hydrogen-bond acceptors (Lipinski definition) is 5. The molecule has 1 saturated heterocycles. The summed E-state index contributed by atoms with van der Waals surface area (Å²) in [5.74, 6) is 1.90. The number of guanidine groups is 1. The quantitative estimate of drug-likeness (QED) is 0.172. The summed E-state index contributed by atoms with van der Waals surface area (Å²) in [6, 6.07) is 4.26. The van der Waals surface area contributed by atoms with Gasteiger partial charge in [-0.05, 0) is 38.4 Å². The maximum absolute atomic E-state index is 6.07. The molecule has 0 spiro atoms. The first-order valence-electron chi connectivity index (χ1n) is 11.8. The number of ether oxygens (including phenoxy) is 1. The molecular weight excluding hydrogens is 503 g/mol. The van der Waals surface area contributed by atoms with Gasteiger partial charge in [0.15, 0.2) is 5.96 Å². The highest BCUT2D eigenvalue weighted by Crippen LogP contribution is 2.19. The molecule has 2 heterocycles. The van der Waals surface area contributed by atoms with Crippen LogP contribution < -0.4 is 15.5 Å². The van der Waals surface area contributed by atoms with Gasteiger partial charge in [-0.3, -0.25) is 0 Å². The maximum Gasteiger partial charge on any atom is 0.191 e. The van der Waals surface area contributed by atoms with Crippen molar-refractivity contribution in [3.8, 4) is 0 Å². The number of halogens is 1. The Balaban J connectivity index is 0.00000341. The number of nitrogens with one attached hydrogen (secondary N) is 2. The minimum Gasteiger partial charge on any atom is -0.376 e. The highest BCUT2D eigenvalue weighted by atomic mass is 127. The molecule has 8 heteroatoms. The second-order valence-corrected chi connectivity index (χ2v) is 8.42. The first-order chi connectivity index (χ1) is 14.7. The van der Waals surface area contributed by atoms with E-state index in [1.807, 2.05) is 6.20 Å². The van der Waals surface area contributed by atoms with Gasteiger partial charge >= 0.3 is 0 Å². The number of aromatic nitrogens is 1. The fourth-order valence-corrected chi connectivity index (χ4v) is 4.05. The van der Waals surface area contributed by atoms with Crippen molar-refractivity contribution in [2.24, 2.45) is 4.99 Å². The fourth-order valence-electron chi connectivity index (χ4n) is 4.05. The van der Waals surface area contributed by atoms with Crippen LogP contribution in [0, 0.1) is 0 Å². The minimum atomic E-state index is 0. The van der Waals surface area contributed by atoms with Crippen molar-refractivity contribution in [2.45, 2.75) is 58.1 Å². The van der Waals surface area contributed by atoms with Gasteiger partial charge < -0.3 is 25.2 Å². The molecule has 3 rings (SSSR count). The zero-order chi connectivity index (χ0) is 21.0. The van der Waals surface area contributed by atoms with E-state index < -0.39 is 0 Å². The Labute approximate surface area is 205 Å². The molecule has 176 valence electrons. The average Bonchev–Trinajstić information content (AvgIpc) is 3.05. The molecule has 2 aliphatic rings. The zero-order valence-corrected chi connectivity index (χ0v) is 21.6. The Kier molecular flexibility index (Phi) is 12.5. The van der Waals surface area contributed by atoms with Crippen LogP contribution in [0.1, 0.15) is 51.0 Å². The largest absolute Gasteiger partial charge is 0.376 e. The third kappa shape index (κ3) is 9.49. The van der Waals surface area contributed by atoms with Crippen LogP contribution in [0.2, 0.25) is 0 Å². The van der Waals surface area contributed by atoms with Crippen molar-refractivity contribution in [1.29, 1.82) is 0 Å². The number of likely N-dealkylation sites (N-methyl/N-ethyl adjacent to an activating group) is 1. The van der Waals surface area contributed by atoms with E-state index in [-0.39, 0.29) is 24.0 Å². The van der Waals surface area contributed by atoms with Crippen LogP contribution in [0.25, 0.3) is 0 Å². The Morgan fingerprint density at radius 2 is 1.84 bits per heavy atom. The van der Waals surface area contributed by atoms with Gasteiger partial charge in [-0.15, -0.1) is 24.0 Å². The Hall–Kier alpha value is -1.13. The SMILES string of the molecule is CCNC(=NCc1ccc(N2CCN(C)CC2)nc1)NCCOC1CCCCCC1.I. The van der Waals surface area contributed by atoms with Crippen molar-refractivity contribution in [2.75, 3.05) is 57.8 Å². The van der Waals surface area contributed by atoms with E-state index >= 15 is 0 Å². The van der Waals surface area contributed by atoms with Crippen molar-refractivity contribution >= 4 is 35.8 Å². The Morgan fingerprint density at radius 3 is 2.48 bits per heavy atom. The van der Waals surface area contributed by atoms with Crippen molar-refractivity contribution in [3.63, 3.8) is 0 Å². The number of piperazine rings is 1. The molecule has 7 nitrogen and oxygen atoms in total. The monoisotopic (exact) mass is 544 g/mol. The van der Waals surface area contributed by atoms with Gasteiger partial charge in [0.25, 0.3) is 0 Å². The van der Waals surface area contributed by atoms with Gasteiger partial charge in [0.2, 0.25) is 0 Å². The van der Waals surface area contributed by atoms with Crippen LogP contribution in [0.15, 0.2) is 23.3 Å². The maximum atomic E-state index is 6.07. The van der Waals surface area contributed by atoms with Crippen molar-refractivity contribution in [3.05, 3.63) is 23.9 Å². The van der Waals surface area contributed by atoms with Crippen LogP contribution in [-0.4, -0.2) is 74.9 Å². The van der Waals surface area contributed by atoms with Crippen molar-refractivity contribution in [1.82, 2.24) is 20.5 Å². The highest BCUT2D eigenvalue weighted by Gasteiger charge is 2.15. The van der Waals surface area contributed by atoms with Gasteiger partial charge in [0.05, 0.1) is 19.3 Å². The first-order valence-corrected chi connectivity index (χ1v) is 11.8. The summed E-state index contributed by atoms with van der Waals surface area (Å²) in [4.78, 5) is 14.1. The number of nitrogens with zero attached hydrogens (tertiary/aromatic N) is 4. The van der Waals surface area contributed by atoms with Gasteiger partial charge in [-0.2, -0.15) is 0 Å². The summed E-state index contributed by atoms with van der Waals surface area (Å²) in [5.41, 5.74) is 1.12. The molecule has 0 atom stereocenters. The Bertz CT molecular complexity index is 625. The van der Waals surface area contributed by atoms with Crippen LogP contribution >= 0.6 is 24.0 Å². The minimum absolute atomic E-state index is 0. The molecule has 0 bridgehead atoms. The molecule has 1 aromatic rings. The normalized spacial score (nSPS) is 18.9. The summed E-state index contributed by atoms with van der Waals surface area (Å²) in [7, 11) is 2.17. The topological polar surface area (TPSA) is 65.0 Å². The molecule has 1 aliphatic carbocycles. The third-order valence-electron chi connectivity index (χ3n) is 5.95. The van der Waals surface area contributed by atoms with E-state index in [0.717, 1.165) is 63.2 Å². The number of rotatable bonds is 8. The molecule has 1 saturated carbocycles. The van der Waals surface area contributed by atoms with E-state index in [4.69, 9.17) is 9.73 Å². The molecule has 0 unspecified atom stereocenters. The lowest BCUT2D eigenvalue weighted by Crippen LogP contribution is -2.44. The predicted molar refractivity (Wildman–Crippen MR) is 140 cm³/mol. The molecule has 0 radical (unpaired) electrons. The van der Waals surface area contributed by atoms with E-state index in [1.165, 1.54) is 38.5 Å². The number of anilines is 1. The number of pyridine rings is 1. The van der Waals surface area contributed by atoms with Crippen LogP contribution in [-0.2, 0) is 11.3 Å². The zero-order valence-electron chi connectivity index (χ0n) is 19.3. The predicted octanol–water partition coefficient (Wildman–Crippen LogP) is 3.25. The number of hydrogen-bond donors (Lipinski definition) is 2. The van der Waals surface area contributed by atoms with E-state index in [0.29, 0.717) is 12.6 Å². The summed E-state index contributed by atoms with van der Waals surface area (Å²) in [6.07, 6.45) is 10.2. The summed E-state index contributed by atoms with van der Waals surface area (Å²) >= 11 is 0. The van der Waals surface area contributed by atoms with Crippen LogP contribution in [0.3, 0.4) is 0 Å². The van der Waals surface area contributed by atoms with Gasteiger partial charge in [0, 0.05) is 45.5 Å². The fraction of sp³-hybridized carbons (Fsp3) is 0.739. The second-order valence-electron chi connectivity index (χ2n) is 8.42.